The fourth-order valence-electron chi connectivity index (χ4n) is 2.81. The summed E-state index contributed by atoms with van der Waals surface area (Å²) in [7, 11) is 0.633. The van der Waals surface area contributed by atoms with Crippen LogP contribution in [0.4, 0.5) is 26.3 Å². The summed E-state index contributed by atoms with van der Waals surface area (Å²) in [4.78, 5) is 24.2. The Morgan fingerprint density at radius 2 is 1.43 bits per heavy atom. The van der Waals surface area contributed by atoms with Crippen molar-refractivity contribution < 1.29 is 45.8 Å². The van der Waals surface area contributed by atoms with Gasteiger partial charge in [0.1, 0.15) is 0 Å². The van der Waals surface area contributed by atoms with Crippen LogP contribution in [0, 0.1) is 0 Å². The number of hydrogen-bond acceptors (Lipinski definition) is 3. The zero-order valence-corrected chi connectivity index (χ0v) is 15.2. The van der Waals surface area contributed by atoms with Gasteiger partial charge in [0, 0.05) is 12.7 Å². The van der Waals surface area contributed by atoms with Crippen molar-refractivity contribution in [3.63, 3.8) is 0 Å². The standard InChI is InChI=1S/C19H15F6NO4/c1-30-17(19(23,24)25,12-5-3-2-4-6-12)16(29)26-14(15(27)28)11-7-9-13(10-8-11)18(20,21)22/h2-10,14H,1H3,(H,26,29)(H,27,28)/t14-,17?/m1/s1. The quantitative estimate of drug-likeness (QED) is 0.672. The number of benzene rings is 2. The molecule has 0 fully saturated rings. The number of nitrogens with one attached hydrogen (secondary N) is 1. The van der Waals surface area contributed by atoms with Gasteiger partial charge < -0.3 is 15.2 Å². The lowest BCUT2D eigenvalue weighted by atomic mass is 9.90. The van der Waals surface area contributed by atoms with Crippen molar-refractivity contribution in [2.24, 2.45) is 0 Å². The molecule has 2 aromatic rings. The summed E-state index contributed by atoms with van der Waals surface area (Å²) in [5.41, 5.74) is -5.58. The highest BCUT2D eigenvalue weighted by atomic mass is 19.4. The highest BCUT2D eigenvalue weighted by Gasteiger charge is 2.63. The van der Waals surface area contributed by atoms with Crippen LogP contribution in [0.5, 0.6) is 0 Å². The molecule has 0 heterocycles. The van der Waals surface area contributed by atoms with E-state index in [1.807, 2.05) is 0 Å². The van der Waals surface area contributed by atoms with Crippen LogP contribution in [-0.4, -0.2) is 30.3 Å². The second-order valence-corrected chi connectivity index (χ2v) is 6.11. The van der Waals surface area contributed by atoms with Crippen LogP contribution >= 0.6 is 0 Å². The van der Waals surface area contributed by atoms with Crippen LogP contribution in [0.3, 0.4) is 0 Å². The summed E-state index contributed by atoms with van der Waals surface area (Å²) in [6.07, 6.45) is -9.98. The fraction of sp³-hybridized carbons (Fsp3) is 0.263. The second kappa shape index (κ2) is 8.34. The molecule has 2 rings (SSSR count). The van der Waals surface area contributed by atoms with Crippen molar-refractivity contribution in [2.45, 2.75) is 24.0 Å². The third-order valence-corrected chi connectivity index (χ3v) is 4.30. The summed E-state index contributed by atoms with van der Waals surface area (Å²) in [5, 5.41) is 11.1. The van der Waals surface area contributed by atoms with Crippen molar-refractivity contribution in [2.75, 3.05) is 7.11 Å². The van der Waals surface area contributed by atoms with E-state index in [-0.39, 0.29) is 5.56 Å². The molecule has 2 aromatic carbocycles. The van der Waals surface area contributed by atoms with Gasteiger partial charge in [-0.3, -0.25) is 4.79 Å². The van der Waals surface area contributed by atoms with Gasteiger partial charge in [0.25, 0.3) is 11.5 Å². The maximum atomic E-state index is 13.9. The van der Waals surface area contributed by atoms with Gasteiger partial charge in [-0.25, -0.2) is 4.79 Å². The first-order valence-corrected chi connectivity index (χ1v) is 8.23. The van der Waals surface area contributed by atoms with Gasteiger partial charge in [0.2, 0.25) is 0 Å². The maximum absolute atomic E-state index is 13.9. The first-order valence-electron chi connectivity index (χ1n) is 8.23. The molecule has 0 aliphatic carbocycles. The molecule has 0 aliphatic rings. The Balaban J connectivity index is 2.46. The van der Waals surface area contributed by atoms with Gasteiger partial charge in [-0.05, 0) is 17.7 Å². The molecular weight excluding hydrogens is 420 g/mol. The van der Waals surface area contributed by atoms with Crippen LogP contribution in [0.15, 0.2) is 54.6 Å². The Morgan fingerprint density at radius 1 is 0.900 bits per heavy atom. The van der Waals surface area contributed by atoms with E-state index in [1.54, 1.807) is 5.32 Å². The van der Waals surface area contributed by atoms with E-state index in [9.17, 15) is 41.0 Å². The summed E-state index contributed by atoms with van der Waals surface area (Å²) in [6.45, 7) is 0. The monoisotopic (exact) mass is 435 g/mol. The zero-order chi connectivity index (χ0) is 22.7. The Labute approximate surface area is 166 Å². The third-order valence-electron chi connectivity index (χ3n) is 4.30. The van der Waals surface area contributed by atoms with Gasteiger partial charge in [-0.2, -0.15) is 26.3 Å². The summed E-state index contributed by atoms with van der Waals surface area (Å²) in [5.74, 6) is -3.61. The lowest BCUT2D eigenvalue weighted by Gasteiger charge is -2.34. The van der Waals surface area contributed by atoms with Crippen LogP contribution < -0.4 is 5.32 Å². The van der Waals surface area contributed by atoms with Crippen molar-refractivity contribution in [1.29, 1.82) is 0 Å². The minimum Gasteiger partial charge on any atom is -0.479 e. The van der Waals surface area contributed by atoms with Gasteiger partial charge >= 0.3 is 18.3 Å². The summed E-state index contributed by atoms with van der Waals surface area (Å²) in [6, 6.07) is 6.39. The first kappa shape index (κ1) is 23.2. The Bertz CT molecular complexity index is 896. The van der Waals surface area contributed by atoms with Gasteiger partial charge in [-0.15, -0.1) is 0 Å². The van der Waals surface area contributed by atoms with Crippen molar-refractivity contribution in [3.05, 3.63) is 71.3 Å². The topological polar surface area (TPSA) is 75.6 Å². The number of ether oxygens (including phenoxy) is 1. The number of carboxylic acid groups (broad SMARTS) is 1. The van der Waals surface area contributed by atoms with Crippen molar-refractivity contribution in [1.82, 2.24) is 5.32 Å². The van der Waals surface area contributed by atoms with Crippen molar-refractivity contribution >= 4 is 11.9 Å². The van der Waals surface area contributed by atoms with Crippen LogP contribution in [0.2, 0.25) is 0 Å². The van der Waals surface area contributed by atoms with E-state index in [0.717, 1.165) is 24.3 Å². The van der Waals surface area contributed by atoms with Gasteiger partial charge in [0.05, 0.1) is 5.56 Å². The number of hydrogen-bond donors (Lipinski definition) is 2. The largest absolute Gasteiger partial charge is 0.479 e. The molecule has 5 nitrogen and oxygen atoms in total. The average Bonchev–Trinajstić information content (AvgIpc) is 2.66. The van der Waals surface area contributed by atoms with E-state index in [0.29, 0.717) is 19.2 Å². The summed E-state index contributed by atoms with van der Waals surface area (Å²) < 4.78 is 84.3. The molecule has 11 heteroatoms. The molecule has 2 atom stereocenters. The number of halogens is 6. The minimum atomic E-state index is -5.28. The predicted molar refractivity (Wildman–Crippen MR) is 91.1 cm³/mol. The molecule has 1 unspecified atom stereocenters. The highest BCUT2D eigenvalue weighted by Crippen LogP contribution is 2.42. The molecule has 2 N–H and O–H groups in total. The third kappa shape index (κ3) is 4.40. The highest BCUT2D eigenvalue weighted by molar-refractivity contribution is 5.91. The summed E-state index contributed by atoms with van der Waals surface area (Å²) >= 11 is 0. The minimum absolute atomic E-state index is 0.357. The average molecular weight is 435 g/mol. The maximum Gasteiger partial charge on any atom is 0.430 e. The lowest BCUT2D eigenvalue weighted by Crippen LogP contribution is -2.56. The Kier molecular flexibility index (Phi) is 6.45. The second-order valence-electron chi connectivity index (χ2n) is 6.11. The predicted octanol–water partition coefficient (Wildman–Crippen LogP) is 4.05. The zero-order valence-electron chi connectivity index (χ0n) is 15.2. The number of rotatable bonds is 6. The van der Waals surface area contributed by atoms with E-state index >= 15 is 0 Å². The number of carbonyl (C=O) groups is 2. The smallest absolute Gasteiger partial charge is 0.430 e. The van der Waals surface area contributed by atoms with Gasteiger partial charge in [-0.1, -0.05) is 42.5 Å². The van der Waals surface area contributed by atoms with E-state index < -0.39 is 47.0 Å². The molecule has 0 bridgehead atoms. The van der Waals surface area contributed by atoms with Crippen LogP contribution in [0.1, 0.15) is 22.7 Å². The lowest BCUT2D eigenvalue weighted by molar-refractivity contribution is -0.266. The molecular formula is C19H15F6NO4. The molecule has 0 aromatic heterocycles. The molecule has 0 saturated heterocycles. The van der Waals surface area contributed by atoms with Gasteiger partial charge in [0.15, 0.2) is 6.04 Å². The normalized spacial score (nSPS) is 15.2. The molecule has 0 radical (unpaired) electrons. The van der Waals surface area contributed by atoms with Crippen LogP contribution in [-0.2, 0) is 26.1 Å². The molecule has 162 valence electrons. The number of aliphatic carboxylic acids is 1. The first-order chi connectivity index (χ1) is 13.8. The number of carboxylic acids is 1. The van der Waals surface area contributed by atoms with E-state index in [4.69, 9.17) is 0 Å². The molecule has 0 spiro atoms. The fourth-order valence-corrected chi connectivity index (χ4v) is 2.81. The SMILES string of the molecule is COC(C(=O)N[C@@H](C(=O)O)c1ccc(C(F)(F)F)cc1)(c1ccccc1)C(F)(F)F. The van der Waals surface area contributed by atoms with Crippen LogP contribution in [0.25, 0.3) is 0 Å². The number of amides is 1. The van der Waals surface area contributed by atoms with Crippen molar-refractivity contribution in [3.8, 4) is 0 Å². The number of methoxy groups -OCH3 is 1. The van der Waals surface area contributed by atoms with E-state index in [2.05, 4.69) is 4.74 Å². The Hall–Kier alpha value is -3.08. The Morgan fingerprint density at radius 3 is 1.83 bits per heavy atom. The number of carbonyl (C=O) groups excluding carboxylic acids is 1. The molecule has 0 saturated carbocycles. The molecule has 1 amide bonds. The number of alkyl halides is 6. The molecule has 0 aliphatic heterocycles. The van der Waals surface area contributed by atoms with E-state index in [1.165, 1.54) is 18.2 Å². The molecule has 30 heavy (non-hydrogen) atoms.